The van der Waals surface area contributed by atoms with Crippen molar-refractivity contribution in [2.75, 3.05) is 6.54 Å². The highest BCUT2D eigenvalue weighted by Gasteiger charge is 2.18. The fraction of sp³-hybridized carbons (Fsp3) is 0.500. The Hall–Kier alpha value is -1.91. The summed E-state index contributed by atoms with van der Waals surface area (Å²) in [5.41, 5.74) is 0.116. The molecule has 0 saturated carbocycles. The van der Waals surface area contributed by atoms with Crippen LogP contribution >= 0.6 is 0 Å². The Balaban J connectivity index is 2.66. The average Bonchev–Trinajstić information content (AvgIpc) is 2.33. The lowest BCUT2D eigenvalue weighted by atomic mass is 10.0. The Kier molecular flexibility index (Phi) is 5.47. The number of carbonyl (C=O) groups excluding carboxylic acids is 2. The second-order valence-electron chi connectivity index (χ2n) is 6.16. The highest BCUT2D eigenvalue weighted by atomic mass is 19.1. The smallest absolute Gasteiger partial charge is 0.325 e. The third kappa shape index (κ3) is 5.53. The molecule has 1 rings (SSSR count). The molecule has 0 radical (unpaired) electrons. The van der Waals surface area contributed by atoms with Gasteiger partial charge in [-0.2, -0.15) is 0 Å². The van der Waals surface area contributed by atoms with Crippen molar-refractivity contribution in [3.05, 3.63) is 35.1 Å². The van der Waals surface area contributed by atoms with Crippen molar-refractivity contribution in [3.63, 3.8) is 0 Å². The summed E-state index contributed by atoms with van der Waals surface area (Å²) < 4.78 is 18.9. The lowest BCUT2D eigenvalue weighted by Crippen LogP contribution is -2.35. The molecule has 21 heavy (non-hydrogen) atoms. The lowest BCUT2D eigenvalue weighted by Gasteiger charge is -2.19. The Morgan fingerprint density at radius 2 is 1.90 bits per heavy atom. The number of hydrogen-bond acceptors (Lipinski definition) is 3. The van der Waals surface area contributed by atoms with Crippen LogP contribution in [0.3, 0.4) is 0 Å². The molecule has 0 unspecified atom stereocenters. The second-order valence-corrected chi connectivity index (χ2v) is 6.16. The van der Waals surface area contributed by atoms with E-state index >= 15 is 0 Å². The summed E-state index contributed by atoms with van der Waals surface area (Å²) >= 11 is 0. The zero-order valence-electron chi connectivity index (χ0n) is 13.1. The van der Waals surface area contributed by atoms with Crippen LogP contribution in [0, 0.1) is 5.82 Å². The van der Waals surface area contributed by atoms with Gasteiger partial charge in [0.05, 0.1) is 5.56 Å². The maximum Gasteiger partial charge on any atom is 0.325 e. The Morgan fingerprint density at radius 3 is 2.38 bits per heavy atom. The molecule has 4 nitrogen and oxygen atoms in total. The summed E-state index contributed by atoms with van der Waals surface area (Å²) in [6.45, 7) is 8.79. The molecule has 0 aliphatic carbocycles. The largest absolute Gasteiger partial charge is 0.459 e. The first-order valence-electron chi connectivity index (χ1n) is 6.89. The minimum absolute atomic E-state index is 0.0806. The van der Waals surface area contributed by atoms with Crippen molar-refractivity contribution in [3.8, 4) is 0 Å². The molecule has 116 valence electrons. The number of halogens is 1. The molecule has 1 N–H and O–H groups in total. The standard InChI is InChI=1S/C16H22FNO3/c1-10(2)11-6-7-12(13(17)8-11)15(20)18-9-14(19)21-16(3,4)5/h6-8,10H,9H2,1-5H3,(H,18,20). The number of esters is 1. The number of benzene rings is 1. The van der Waals surface area contributed by atoms with Crippen LogP contribution in [0.4, 0.5) is 4.39 Å². The second kappa shape index (κ2) is 6.70. The molecule has 0 aromatic heterocycles. The molecule has 0 fully saturated rings. The summed E-state index contributed by atoms with van der Waals surface area (Å²) in [4.78, 5) is 23.3. The topological polar surface area (TPSA) is 55.4 Å². The summed E-state index contributed by atoms with van der Waals surface area (Å²) in [5.74, 6) is -1.61. The van der Waals surface area contributed by atoms with Gasteiger partial charge in [-0.3, -0.25) is 9.59 Å². The molecule has 5 heteroatoms. The normalized spacial score (nSPS) is 11.4. The van der Waals surface area contributed by atoms with E-state index in [0.29, 0.717) is 0 Å². The van der Waals surface area contributed by atoms with Gasteiger partial charge in [0.25, 0.3) is 5.91 Å². The molecule has 0 heterocycles. The summed E-state index contributed by atoms with van der Waals surface area (Å²) in [6.07, 6.45) is 0. The summed E-state index contributed by atoms with van der Waals surface area (Å²) in [5, 5.41) is 2.36. The van der Waals surface area contributed by atoms with Gasteiger partial charge in [0.2, 0.25) is 0 Å². The Bertz CT molecular complexity index is 533. The van der Waals surface area contributed by atoms with Crippen molar-refractivity contribution in [2.45, 2.75) is 46.1 Å². The number of amides is 1. The molecule has 1 amide bonds. The highest BCUT2D eigenvalue weighted by Crippen LogP contribution is 2.18. The van der Waals surface area contributed by atoms with Gasteiger partial charge in [-0.15, -0.1) is 0 Å². The van der Waals surface area contributed by atoms with E-state index in [-0.39, 0.29) is 18.0 Å². The van der Waals surface area contributed by atoms with Gasteiger partial charge in [-0.25, -0.2) is 4.39 Å². The molecule has 0 bridgehead atoms. The van der Waals surface area contributed by atoms with Crippen molar-refractivity contribution in [2.24, 2.45) is 0 Å². The molecule has 0 aliphatic rings. The average molecular weight is 295 g/mol. The third-order valence-electron chi connectivity index (χ3n) is 2.72. The molecule has 1 aromatic carbocycles. The van der Waals surface area contributed by atoms with E-state index in [0.717, 1.165) is 5.56 Å². The van der Waals surface area contributed by atoms with Crippen LogP contribution in [0.15, 0.2) is 18.2 Å². The number of carbonyl (C=O) groups is 2. The maximum atomic E-state index is 13.9. The van der Waals surface area contributed by atoms with E-state index in [1.54, 1.807) is 26.8 Å². The molecular formula is C16H22FNO3. The molecule has 0 aliphatic heterocycles. The van der Waals surface area contributed by atoms with Gasteiger partial charge < -0.3 is 10.1 Å². The van der Waals surface area contributed by atoms with Crippen molar-refractivity contribution >= 4 is 11.9 Å². The SMILES string of the molecule is CC(C)c1ccc(C(=O)NCC(=O)OC(C)(C)C)c(F)c1. The number of ether oxygens (including phenoxy) is 1. The fourth-order valence-corrected chi connectivity index (χ4v) is 1.70. The van der Waals surface area contributed by atoms with Crippen LogP contribution in [-0.4, -0.2) is 24.0 Å². The molecule has 1 aromatic rings. The van der Waals surface area contributed by atoms with Crippen molar-refractivity contribution in [1.29, 1.82) is 0 Å². The van der Waals surface area contributed by atoms with Gasteiger partial charge in [-0.05, 0) is 44.4 Å². The molecule has 0 atom stereocenters. The van der Waals surface area contributed by atoms with Gasteiger partial charge in [0, 0.05) is 0 Å². The lowest BCUT2D eigenvalue weighted by molar-refractivity contribution is -0.153. The van der Waals surface area contributed by atoms with Crippen LogP contribution in [0.25, 0.3) is 0 Å². The predicted octanol–water partition coefficient (Wildman–Crippen LogP) is 3.02. The van der Waals surface area contributed by atoms with Crippen molar-refractivity contribution in [1.82, 2.24) is 5.32 Å². The highest BCUT2D eigenvalue weighted by molar-refractivity contribution is 5.96. The third-order valence-corrected chi connectivity index (χ3v) is 2.72. The first kappa shape index (κ1) is 17.1. The number of hydrogen-bond donors (Lipinski definition) is 1. The van der Waals surface area contributed by atoms with Crippen LogP contribution in [0.1, 0.15) is 56.5 Å². The van der Waals surface area contributed by atoms with E-state index in [1.165, 1.54) is 12.1 Å². The van der Waals surface area contributed by atoms with E-state index in [9.17, 15) is 14.0 Å². The summed E-state index contributed by atoms with van der Waals surface area (Å²) in [6, 6.07) is 4.47. The fourth-order valence-electron chi connectivity index (χ4n) is 1.70. The minimum atomic E-state index is -0.631. The predicted molar refractivity (Wildman–Crippen MR) is 78.7 cm³/mol. The van der Waals surface area contributed by atoms with E-state index < -0.39 is 23.3 Å². The summed E-state index contributed by atoms with van der Waals surface area (Å²) in [7, 11) is 0. The monoisotopic (exact) mass is 295 g/mol. The van der Waals surface area contributed by atoms with E-state index in [4.69, 9.17) is 4.74 Å². The van der Waals surface area contributed by atoms with Crippen LogP contribution in [-0.2, 0) is 9.53 Å². The van der Waals surface area contributed by atoms with Crippen LogP contribution < -0.4 is 5.32 Å². The van der Waals surface area contributed by atoms with Crippen molar-refractivity contribution < 1.29 is 18.7 Å². The molecule has 0 spiro atoms. The van der Waals surface area contributed by atoms with E-state index in [2.05, 4.69) is 5.32 Å². The van der Waals surface area contributed by atoms with Gasteiger partial charge >= 0.3 is 5.97 Å². The van der Waals surface area contributed by atoms with Gasteiger partial charge in [0.15, 0.2) is 0 Å². The van der Waals surface area contributed by atoms with Gasteiger partial charge in [0.1, 0.15) is 18.0 Å². The first-order valence-corrected chi connectivity index (χ1v) is 6.89. The molecule has 0 saturated heterocycles. The maximum absolute atomic E-state index is 13.9. The number of nitrogens with one attached hydrogen (secondary N) is 1. The zero-order chi connectivity index (χ0) is 16.2. The quantitative estimate of drug-likeness (QED) is 0.869. The number of rotatable bonds is 4. The van der Waals surface area contributed by atoms with Gasteiger partial charge in [-0.1, -0.05) is 19.9 Å². The molecular weight excluding hydrogens is 273 g/mol. The Labute approximate surface area is 124 Å². The van der Waals surface area contributed by atoms with Crippen LogP contribution in [0.2, 0.25) is 0 Å². The van der Waals surface area contributed by atoms with E-state index in [1.807, 2.05) is 13.8 Å². The first-order chi connectivity index (χ1) is 9.60. The Morgan fingerprint density at radius 1 is 1.29 bits per heavy atom. The minimum Gasteiger partial charge on any atom is -0.459 e. The van der Waals surface area contributed by atoms with Crippen LogP contribution in [0.5, 0.6) is 0 Å². The zero-order valence-corrected chi connectivity index (χ0v) is 13.1.